The van der Waals surface area contributed by atoms with Gasteiger partial charge >= 0.3 is 0 Å². The number of anilines is 3. The van der Waals surface area contributed by atoms with Crippen molar-refractivity contribution < 1.29 is 27.6 Å². The van der Waals surface area contributed by atoms with Crippen molar-refractivity contribution in [1.82, 2.24) is 5.32 Å². The van der Waals surface area contributed by atoms with Crippen molar-refractivity contribution in [2.24, 2.45) is 0 Å². The van der Waals surface area contributed by atoms with E-state index in [4.69, 9.17) is 0 Å². The summed E-state index contributed by atoms with van der Waals surface area (Å²) in [7, 11) is 3.45. The lowest BCUT2D eigenvalue weighted by Crippen LogP contribution is -2.33. The van der Waals surface area contributed by atoms with Crippen LogP contribution in [0.15, 0.2) is 47.8 Å². The van der Waals surface area contributed by atoms with Crippen LogP contribution in [0.1, 0.15) is 12.8 Å². The van der Waals surface area contributed by atoms with Crippen molar-refractivity contribution in [1.29, 1.82) is 5.26 Å². The normalized spacial score (nSPS) is 12.2. The van der Waals surface area contributed by atoms with Gasteiger partial charge in [0.1, 0.15) is 17.5 Å². The Morgan fingerprint density at radius 2 is 1.53 bits per heavy atom. The second kappa shape index (κ2) is 10.1. The Hall–Kier alpha value is -4.33. The third-order valence-electron chi connectivity index (χ3n) is 5.19. The van der Waals surface area contributed by atoms with Gasteiger partial charge in [-0.05, 0) is 24.3 Å². The maximum absolute atomic E-state index is 13.6. The first-order chi connectivity index (χ1) is 16.1. The van der Waals surface area contributed by atoms with Crippen molar-refractivity contribution in [3.8, 4) is 6.07 Å². The fourth-order valence-corrected chi connectivity index (χ4v) is 3.49. The molecule has 1 heterocycles. The summed E-state index contributed by atoms with van der Waals surface area (Å²) >= 11 is 0. The zero-order valence-corrected chi connectivity index (χ0v) is 18.3. The van der Waals surface area contributed by atoms with Crippen molar-refractivity contribution >= 4 is 34.7 Å². The molecule has 2 N–H and O–H groups in total. The maximum atomic E-state index is 13.6. The zero-order chi connectivity index (χ0) is 25.0. The smallest absolute Gasteiger partial charge is 0.243 e. The molecule has 0 unspecified atom stereocenters. The fraction of sp³-hybridized carbons (Fsp3) is 0.217. The Balaban J connectivity index is 1.56. The quantitative estimate of drug-likeness (QED) is 0.366. The molecule has 0 saturated carbocycles. The number of hydrogen-bond acceptors (Lipinski definition) is 6. The topological polar surface area (TPSA) is 106 Å². The highest BCUT2D eigenvalue weighted by Crippen LogP contribution is 2.40. The third-order valence-corrected chi connectivity index (χ3v) is 5.19. The van der Waals surface area contributed by atoms with Crippen LogP contribution in [0, 0.1) is 28.8 Å². The first-order valence-corrected chi connectivity index (χ1v) is 10.1. The van der Waals surface area contributed by atoms with Crippen LogP contribution >= 0.6 is 0 Å². The SMILES string of the molecule is CN1C(=C(C#N)C(=O)CCC(=O)NCC(=O)Nc2ccc(F)c(F)c2F)N(C)c2ccccc21. The monoisotopic (exact) mass is 471 g/mol. The molecule has 0 atom stereocenters. The minimum Gasteiger partial charge on any atom is -0.347 e. The number of nitriles is 1. The average Bonchev–Trinajstić information content (AvgIpc) is 3.08. The highest BCUT2D eigenvalue weighted by atomic mass is 19.2. The molecule has 176 valence electrons. The molecule has 1 aliphatic rings. The van der Waals surface area contributed by atoms with Gasteiger partial charge in [-0.25, -0.2) is 13.2 Å². The van der Waals surface area contributed by atoms with Gasteiger partial charge < -0.3 is 20.4 Å². The van der Waals surface area contributed by atoms with E-state index in [1.807, 2.05) is 35.7 Å². The number of carbonyl (C=O) groups is 3. The van der Waals surface area contributed by atoms with E-state index in [9.17, 15) is 32.8 Å². The fourth-order valence-electron chi connectivity index (χ4n) is 3.49. The Labute approximate surface area is 193 Å². The Morgan fingerprint density at radius 1 is 0.912 bits per heavy atom. The maximum Gasteiger partial charge on any atom is 0.243 e. The number of para-hydroxylation sites is 2. The van der Waals surface area contributed by atoms with Gasteiger partial charge in [0.25, 0.3) is 0 Å². The number of hydrogen-bond donors (Lipinski definition) is 2. The van der Waals surface area contributed by atoms with Crippen LogP contribution in [0.5, 0.6) is 0 Å². The molecule has 0 saturated heterocycles. The van der Waals surface area contributed by atoms with Crippen molar-refractivity contribution in [2.45, 2.75) is 12.8 Å². The number of Topliss-reactive ketones (excluding diaryl/α,β-unsaturated/α-hetero) is 1. The molecule has 34 heavy (non-hydrogen) atoms. The lowest BCUT2D eigenvalue weighted by Gasteiger charge is -2.19. The molecule has 3 rings (SSSR count). The Kier molecular flexibility index (Phi) is 7.21. The number of carbonyl (C=O) groups excluding carboxylic acids is 3. The number of nitrogens with one attached hydrogen (secondary N) is 2. The summed E-state index contributed by atoms with van der Waals surface area (Å²) in [4.78, 5) is 40.1. The number of fused-ring (bicyclic) bond motifs is 1. The molecule has 2 aromatic carbocycles. The number of allylic oxidation sites excluding steroid dienone is 1. The third kappa shape index (κ3) is 4.85. The lowest BCUT2D eigenvalue weighted by molar-refractivity contribution is -0.125. The summed E-state index contributed by atoms with van der Waals surface area (Å²) in [6, 6.07) is 10.8. The number of benzene rings is 2. The van der Waals surface area contributed by atoms with Crippen LogP contribution in [0.3, 0.4) is 0 Å². The highest BCUT2D eigenvalue weighted by Gasteiger charge is 2.31. The molecule has 0 aromatic heterocycles. The van der Waals surface area contributed by atoms with E-state index in [0.717, 1.165) is 17.4 Å². The summed E-state index contributed by atoms with van der Waals surface area (Å²) in [5.41, 5.74) is 0.952. The van der Waals surface area contributed by atoms with E-state index in [2.05, 4.69) is 5.32 Å². The Morgan fingerprint density at radius 3 is 2.12 bits per heavy atom. The summed E-state index contributed by atoms with van der Waals surface area (Å²) in [6.45, 7) is -0.585. The van der Waals surface area contributed by atoms with Gasteiger partial charge in [-0.1, -0.05) is 12.1 Å². The molecule has 0 fully saturated rings. The summed E-state index contributed by atoms with van der Waals surface area (Å²) < 4.78 is 39.8. The number of amides is 2. The van der Waals surface area contributed by atoms with Gasteiger partial charge in [-0.15, -0.1) is 0 Å². The number of rotatable bonds is 7. The van der Waals surface area contributed by atoms with Crippen LogP contribution in [-0.2, 0) is 14.4 Å². The molecule has 0 radical (unpaired) electrons. The van der Waals surface area contributed by atoms with E-state index in [0.29, 0.717) is 11.9 Å². The Bertz CT molecular complexity index is 1210. The molecule has 11 heteroatoms. The average molecular weight is 471 g/mol. The second-order valence-corrected chi connectivity index (χ2v) is 7.39. The second-order valence-electron chi connectivity index (χ2n) is 7.39. The summed E-state index contributed by atoms with van der Waals surface area (Å²) in [6.07, 6.45) is -0.583. The van der Waals surface area contributed by atoms with Crippen molar-refractivity contribution in [2.75, 3.05) is 35.8 Å². The van der Waals surface area contributed by atoms with Gasteiger partial charge in [-0.3, -0.25) is 14.4 Å². The number of nitrogens with zero attached hydrogens (tertiary/aromatic N) is 3. The van der Waals surface area contributed by atoms with Crippen LogP contribution in [0.25, 0.3) is 0 Å². The van der Waals surface area contributed by atoms with Gasteiger partial charge in [-0.2, -0.15) is 5.26 Å². The van der Waals surface area contributed by atoms with Crippen LogP contribution in [-0.4, -0.2) is 38.2 Å². The zero-order valence-electron chi connectivity index (χ0n) is 18.3. The van der Waals surface area contributed by atoms with E-state index < -0.39 is 47.3 Å². The van der Waals surface area contributed by atoms with Crippen LogP contribution in [0.4, 0.5) is 30.2 Å². The first kappa shape index (κ1) is 24.3. The highest BCUT2D eigenvalue weighted by molar-refractivity contribution is 6.04. The largest absolute Gasteiger partial charge is 0.347 e. The number of halogens is 3. The van der Waals surface area contributed by atoms with E-state index >= 15 is 0 Å². The van der Waals surface area contributed by atoms with Crippen molar-refractivity contribution in [3.05, 3.63) is 65.2 Å². The van der Waals surface area contributed by atoms with E-state index in [-0.39, 0.29) is 18.4 Å². The van der Waals surface area contributed by atoms with Gasteiger partial charge in [0.15, 0.2) is 23.2 Å². The molecule has 0 bridgehead atoms. The minimum atomic E-state index is -1.73. The lowest BCUT2D eigenvalue weighted by atomic mass is 10.1. The van der Waals surface area contributed by atoms with Crippen molar-refractivity contribution in [3.63, 3.8) is 0 Å². The van der Waals surface area contributed by atoms with Gasteiger partial charge in [0, 0.05) is 26.9 Å². The van der Waals surface area contributed by atoms with E-state index in [1.165, 1.54) is 0 Å². The number of ketones is 1. The molecule has 0 spiro atoms. The summed E-state index contributed by atoms with van der Waals surface area (Å²) in [5, 5.41) is 13.9. The molecule has 2 aromatic rings. The van der Waals surface area contributed by atoms with E-state index in [1.54, 1.807) is 23.9 Å². The predicted molar refractivity (Wildman–Crippen MR) is 118 cm³/mol. The molecule has 8 nitrogen and oxygen atoms in total. The summed E-state index contributed by atoms with van der Waals surface area (Å²) in [5.74, 6) is -6.39. The van der Waals surface area contributed by atoms with Gasteiger partial charge in [0.05, 0.1) is 23.6 Å². The minimum absolute atomic E-state index is 0.111. The molecular formula is C23H20F3N5O3. The first-order valence-electron chi connectivity index (χ1n) is 10.1. The predicted octanol–water partition coefficient (Wildman–Crippen LogP) is 2.83. The molecule has 2 amide bonds. The molecule has 1 aliphatic heterocycles. The van der Waals surface area contributed by atoms with Crippen LogP contribution in [0.2, 0.25) is 0 Å². The standard InChI is InChI=1S/C23H20F3N5O3/c1-30-16-5-3-4-6-17(16)31(2)23(30)13(11-27)18(32)9-10-19(33)28-12-20(34)29-15-8-7-14(24)21(25)22(15)26/h3-8H,9-10,12H2,1-2H3,(H,28,33)(H,29,34). The van der Waals surface area contributed by atoms with Crippen LogP contribution < -0.4 is 20.4 Å². The molecule has 0 aliphatic carbocycles. The molecular weight excluding hydrogens is 451 g/mol. The van der Waals surface area contributed by atoms with Gasteiger partial charge in [0.2, 0.25) is 11.8 Å².